The topological polar surface area (TPSA) is 54.9 Å². The molecule has 27 heavy (non-hydrogen) atoms. The van der Waals surface area contributed by atoms with Gasteiger partial charge in [0.15, 0.2) is 5.96 Å². The van der Waals surface area contributed by atoms with E-state index in [-0.39, 0.29) is 24.0 Å². The molecule has 5 nitrogen and oxygen atoms in total. The maximum atomic E-state index is 6.06. The van der Waals surface area contributed by atoms with Gasteiger partial charge in [0, 0.05) is 39.4 Å². The Kier molecular flexibility index (Phi) is 8.66. The number of halogens is 1. The van der Waals surface area contributed by atoms with Gasteiger partial charge >= 0.3 is 0 Å². The molecular formula is C21H34IN3O2. The molecule has 6 heteroatoms. The van der Waals surface area contributed by atoms with Crippen LogP contribution in [0.3, 0.4) is 0 Å². The Morgan fingerprint density at radius 2 is 2.04 bits per heavy atom. The predicted octanol–water partition coefficient (Wildman–Crippen LogP) is 3.88. The molecule has 1 aromatic rings. The van der Waals surface area contributed by atoms with Crippen LogP contribution < -0.4 is 15.4 Å². The quantitative estimate of drug-likeness (QED) is 0.299. The van der Waals surface area contributed by atoms with E-state index in [9.17, 15) is 0 Å². The van der Waals surface area contributed by atoms with Crippen molar-refractivity contribution in [3.63, 3.8) is 0 Å². The smallest absolute Gasteiger partial charge is 0.191 e. The van der Waals surface area contributed by atoms with Gasteiger partial charge in [-0.1, -0.05) is 12.1 Å². The first-order chi connectivity index (χ1) is 12.6. The van der Waals surface area contributed by atoms with Crippen molar-refractivity contribution in [1.82, 2.24) is 10.6 Å². The van der Waals surface area contributed by atoms with Crippen LogP contribution in [0.1, 0.15) is 43.2 Å². The number of benzene rings is 1. The second kappa shape index (κ2) is 10.5. The summed E-state index contributed by atoms with van der Waals surface area (Å²) in [5.74, 6) is 2.61. The molecule has 0 aromatic heterocycles. The first kappa shape index (κ1) is 22.3. The van der Waals surface area contributed by atoms with Crippen molar-refractivity contribution < 1.29 is 9.47 Å². The summed E-state index contributed by atoms with van der Waals surface area (Å²) in [7, 11) is 3.60. The monoisotopic (exact) mass is 487 g/mol. The lowest BCUT2D eigenvalue weighted by atomic mass is 10.0. The predicted molar refractivity (Wildman–Crippen MR) is 121 cm³/mol. The molecule has 2 aliphatic rings. The largest absolute Gasteiger partial charge is 0.493 e. The van der Waals surface area contributed by atoms with Crippen molar-refractivity contribution in [1.29, 1.82) is 0 Å². The van der Waals surface area contributed by atoms with E-state index in [2.05, 4.69) is 40.7 Å². The minimum atomic E-state index is 0. The highest BCUT2D eigenvalue weighted by Gasteiger charge is 2.41. The number of methoxy groups -OCH3 is 1. The molecule has 0 heterocycles. The van der Waals surface area contributed by atoms with Crippen molar-refractivity contribution in [3.8, 4) is 5.75 Å². The standard InChI is InChI=1S/C21H33N3O2.HI/c1-16-4-7-18(19(12-16)26-14-17-5-6-17)13-23-20(22-2)24-15-21(8-9-21)10-11-25-3;/h4,7,12,17H,5-6,8-11,13-15H2,1-3H3,(H2,22,23,24);1H. The fraction of sp³-hybridized carbons (Fsp3) is 0.667. The van der Waals surface area contributed by atoms with E-state index in [4.69, 9.17) is 9.47 Å². The van der Waals surface area contributed by atoms with Gasteiger partial charge < -0.3 is 20.1 Å². The maximum absolute atomic E-state index is 6.06. The minimum Gasteiger partial charge on any atom is -0.493 e. The van der Waals surface area contributed by atoms with Gasteiger partial charge in [-0.2, -0.15) is 0 Å². The van der Waals surface area contributed by atoms with Crippen LogP contribution in [-0.2, 0) is 11.3 Å². The molecule has 0 unspecified atom stereocenters. The molecule has 2 saturated carbocycles. The van der Waals surface area contributed by atoms with Gasteiger partial charge in [-0.15, -0.1) is 24.0 Å². The van der Waals surface area contributed by atoms with Gasteiger partial charge in [-0.05, 0) is 62.0 Å². The Bertz CT molecular complexity index is 628. The van der Waals surface area contributed by atoms with Crippen LogP contribution in [0.5, 0.6) is 5.75 Å². The number of hydrogen-bond donors (Lipinski definition) is 2. The average Bonchev–Trinajstić information content (AvgIpc) is 3.56. The summed E-state index contributed by atoms with van der Waals surface area (Å²) >= 11 is 0. The van der Waals surface area contributed by atoms with Crippen molar-refractivity contribution in [2.45, 2.75) is 45.6 Å². The second-order valence-electron chi connectivity index (χ2n) is 7.89. The van der Waals surface area contributed by atoms with Crippen molar-refractivity contribution >= 4 is 29.9 Å². The minimum absolute atomic E-state index is 0. The molecule has 0 atom stereocenters. The van der Waals surface area contributed by atoms with Crippen LogP contribution in [-0.4, -0.2) is 39.9 Å². The lowest BCUT2D eigenvalue weighted by Crippen LogP contribution is -2.40. The van der Waals surface area contributed by atoms with Crippen LogP contribution in [0, 0.1) is 18.3 Å². The highest BCUT2D eigenvalue weighted by molar-refractivity contribution is 14.0. The third kappa shape index (κ3) is 7.14. The van der Waals surface area contributed by atoms with E-state index in [1.54, 1.807) is 7.11 Å². The summed E-state index contributed by atoms with van der Waals surface area (Å²) in [6, 6.07) is 6.43. The van der Waals surface area contributed by atoms with Gasteiger partial charge in [-0.25, -0.2) is 0 Å². The Hall–Kier alpha value is -1.02. The first-order valence-corrected chi connectivity index (χ1v) is 9.80. The van der Waals surface area contributed by atoms with Crippen molar-refractivity contribution in [3.05, 3.63) is 29.3 Å². The summed E-state index contributed by atoms with van der Waals surface area (Å²) < 4.78 is 11.3. The highest BCUT2D eigenvalue weighted by atomic mass is 127. The first-order valence-electron chi connectivity index (χ1n) is 9.80. The summed E-state index contributed by atoms with van der Waals surface area (Å²) in [6.07, 6.45) is 6.28. The van der Waals surface area contributed by atoms with E-state index in [1.807, 2.05) is 7.05 Å². The van der Waals surface area contributed by atoms with Gasteiger partial charge in [-0.3, -0.25) is 4.99 Å². The fourth-order valence-corrected chi connectivity index (χ4v) is 3.12. The van der Waals surface area contributed by atoms with Gasteiger partial charge in [0.25, 0.3) is 0 Å². The number of hydrogen-bond acceptors (Lipinski definition) is 3. The van der Waals surface area contributed by atoms with Gasteiger partial charge in [0.2, 0.25) is 0 Å². The molecule has 0 saturated heterocycles. The van der Waals surface area contributed by atoms with Gasteiger partial charge in [0.1, 0.15) is 5.75 Å². The number of rotatable bonds is 10. The Morgan fingerprint density at radius 1 is 1.26 bits per heavy atom. The molecule has 0 bridgehead atoms. The number of nitrogens with one attached hydrogen (secondary N) is 2. The van der Waals surface area contributed by atoms with Crippen LogP contribution in [0.4, 0.5) is 0 Å². The molecule has 2 fully saturated rings. The Labute approximate surface area is 180 Å². The number of aliphatic imine (C=N–C) groups is 1. The zero-order chi connectivity index (χ0) is 18.4. The average molecular weight is 487 g/mol. The van der Waals surface area contributed by atoms with E-state index in [0.29, 0.717) is 12.0 Å². The molecule has 0 aliphatic heterocycles. The second-order valence-corrected chi connectivity index (χ2v) is 7.89. The Balaban J connectivity index is 0.00000261. The lowest BCUT2D eigenvalue weighted by Gasteiger charge is -2.19. The van der Waals surface area contributed by atoms with Crippen LogP contribution in [0.2, 0.25) is 0 Å². The van der Waals surface area contributed by atoms with Gasteiger partial charge in [0.05, 0.1) is 6.61 Å². The molecular weight excluding hydrogens is 453 g/mol. The maximum Gasteiger partial charge on any atom is 0.191 e. The number of ether oxygens (including phenoxy) is 2. The summed E-state index contributed by atoms with van der Waals surface area (Å²) in [5.41, 5.74) is 2.81. The van der Waals surface area contributed by atoms with Crippen LogP contribution in [0.25, 0.3) is 0 Å². The summed E-state index contributed by atoms with van der Waals surface area (Å²) in [4.78, 5) is 4.37. The zero-order valence-electron chi connectivity index (χ0n) is 16.8. The van der Waals surface area contributed by atoms with Crippen LogP contribution in [0.15, 0.2) is 23.2 Å². The number of nitrogens with zero attached hydrogens (tertiary/aromatic N) is 1. The molecule has 0 spiro atoms. The molecule has 0 radical (unpaired) electrons. The lowest BCUT2D eigenvalue weighted by molar-refractivity contribution is 0.172. The zero-order valence-corrected chi connectivity index (χ0v) is 19.2. The molecule has 0 amide bonds. The Morgan fingerprint density at radius 3 is 2.67 bits per heavy atom. The highest BCUT2D eigenvalue weighted by Crippen LogP contribution is 2.48. The van der Waals surface area contributed by atoms with Crippen molar-refractivity contribution in [2.75, 3.05) is 33.9 Å². The van der Waals surface area contributed by atoms with E-state index in [1.165, 1.54) is 36.8 Å². The van der Waals surface area contributed by atoms with E-state index >= 15 is 0 Å². The van der Waals surface area contributed by atoms with Crippen molar-refractivity contribution in [2.24, 2.45) is 16.3 Å². The molecule has 152 valence electrons. The molecule has 2 aliphatic carbocycles. The normalized spacial score (nSPS) is 17.8. The van der Waals surface area contributed by atoms with Crippen LogP contribution >= 0.6 is 24.0 Å². The fourth-order valence-electron chi connectivity index (χ4n) is 3.12. The number of guanidine groups is 1. The number of aryl methyl sites for hydroxylation is 1. The summed E-state index contributed by atoms with van der Waals surface area (Å²) in [6.45, 7) is 5.45. The van der Waals surface area contributed by atoms with E-state index in [0.717, 1.165) is 43.8 Å². The SMILES string of the molecule is CN=C(NCc1ccc(C)cc1OCC1CC1)NCC1(CCOC)CC1.I. The summed E-state index contributed by atoms with van der Waals surface area (Å²) in [5, 5.41) is 6.92. The molecule has 3 rings (SSSR count). The molecule has 1 aromatic carbocycles. The van der Waals surface area contributed by atoms with E-state index < -0.39 is 0 Å². The molecule has 2 N–H and O–H groups in total. The third-order valence-electron chi connectivity index (χ3n) is 5.49. The third-order valence-corrected chi connectivity index (χ3v) is 5.49.